The Hall–Kier alpha value is -3.42. The molecule has 1 unspecified atom stereocenters. The molecule has 1 amide bonds. The van der Waals surface area contributed by atoms with Crippen molar-refractivity contribution in [3.63, 3.8) is 0 Å². The summed E-state index contributed by atoms with van der Waals surface area (Å²) in [4.78, 5) is 36.5. The van der Waals surface area contributed by atoms with Crippen LogP contribution < -0.4 is 0 Å². The van der Waals surface area contributed by atoms with Crippen LogP contribution in [0.5, 0.6) is 0 Å². The summed E-state index contributed by atoms with van der Waals surface area (Å²) in [5.41, 5.74) is 2.55. The molecule has 1 aliphatic rings. The molecule has 0 saturated carbocycles. The van der Waals surface area contributed by atoms with E-state index in [9.17, 15) is 19.7 Å². The molecule has 1 fully saturated rings. The number of nitrogens with zero attached hydrogens (tertiary/aromatic N) is 2. The SMILES string of the molecule is Cc1ccccc1COC(=O)N1CCCC1C(=O)OCc1ccc([N+](=O)[O-])cc1. The number of aryl methyl sites for hydroxylation is 1. The molecule has 8 nitrogen and oxygen atoms in total. The number of benzene rings is 2. The summed E-state index contributed by atoms with van der Waals surface area (Å²) in [6, 6.07) is 12.7. The fraction of sp³-hybridized carbons (Fsp3) is 0.333. The average Bonchev–Trinajstić information content (AvgIpc) is 3.21. The number of hydrogen-bond donors (Lipinski definition) is 0. The van der Waals surface area contributed by atoms with Crippen LogP contribution in [-0.4, -0.2) is 34.5 Å². The van der Waals surface area contributed by atoms with Crippen molar-refractivity contribution in [1.29, 1.82) is 0 Å². The van der Waals surface area contributed by atoms with Crippen LogP contribution in [0, 0.1) is 17.0 Å². The van der Waals surface area contributed by atoms with Crippen molar-refractivity contribution >= 4 is 17.7 Å². The average molecular weight is 398 g/mol. The summed E-state index contributed by atoms with van der Waals surface area (Å²) >= 11 is 0. The maximum absolute atomic E-state index is 12.5. The predicted molar refractivity (Wildman–Crippen MR) is 104 cm³/mol. The number of hydrogen-bond acceptors (Lipinski definition) is 6. The second kappa shape index (κ2) is 9.18. The van der Waals surface area contributed by atoms with Crippen molar-refractivity contribution < 1.29 is 24.0 Å². The standard InChI is InChI=1S/C21H22N2O6/c1-15-5-2-3-6-17(15)14-29-21(25)22-12-4-7-19(22)20(24)28-13-16-8-10-18(11-9-16)23(26)27/h2-3,5-6,8-11,19H,4,7,12-14H2,1H3. The number of nitro benzene ring substituents is 1. The van der Waals surface area contributed by atoms with Gasteiger partial charge in [0.1, 0.15) is 19.3 Å². The Morgan fingerprint density at radius 2 is 1.83 bits per heavy atom. The molecule has 0 bridgehead atoms. The Balaban J connectivity index is 1.53. The van der Waals surface area contributed by atoms with E-state index in [1.54, 1.807) is 0 Å². The van der Waals surface area contributed by atoms with Gasteiger partial charge in [0.05, 0.1) is 4.92 Å². The van der Waals surface area contributed by atoms with E-state index in [-0.39, 0.29) is 18.9 Å². The Morgan fingerprint density at radius 1 is 1.10 bits per heavy atom. The molecular formula is C21H22N2O6. The maximum atomic E-state index is 12.5. The van der Waals surface area contributed by atoms with Gasteiger partial charge in [-0.05, 0) is 48.6 Å². The zero-order valence-corrected chi connectivity index (χ0v) is 16.1. The first-order valence-electron chi connectivity index (χ1n) is 9.33. The maximum Gasteiger partial charge on any atom is 0.410 e. The highest BCUT2D eigenvalue weighted by Gasteiger charge is 2.36. The van der Waals surface area contributed by atoms with E-state index < -0.39 is 23.0 Å². The number of carbonyl (C=O) groups excluding carboxylic acids is 2. The van der Waals surface area contributed by atoms with Gasteiger partial charge in [0, 0.05) is 18.7 Å². The minimum absolute atomic E-state index is 0.0145. The van der Waals surface area contributed by atoms with Crippen LogP contribution in [0.1, 0.15) is 29.5 Å². The minimum atomic E-state index is -0.683. The van der Waals surface area contributed by atoms with Crippen molar-refractivity contribution in [2.24, 2.45) is 0 Å². The highest BCUT2D eigenvalue weighted by atomic mass is 16.6. The number of esters is 1. The number of likely N-dealkylation sites (tertiary alicyclic amines) is 1. The summed E-state index contributed by atoms with van der Waals surface area (Å²) < 4.78 is 10.7. The van der Waals surface area contributed by atoms with Crippen molar-refractivity contribution in [1.82, 2.24) is 4.90 Å². The van der Waals surface area contributed by atoms with E-state index in [0.717, 1.165) is 11.1 Å². The fourth-order valence-electron chi connectivity index (χ4n) is 3.19. The molecule has 2 aromatic carbocycles. The lowest BCUT2D eigenvalue weighted by Gasteiger charge is -2.23. The molecule has 0 aromatic heterocycles. The van der Waals surface area contributed by atoms with Gasteiger partial charge in [-0.25, -0.2) is 9.59 Å². The molecule has 0 spiro atoms. The first-order chi connectivity index (χ1) is 14.0. The number of non-ortho nitro benzene ring substituents is 1. The van der Waals surface area contributed by atoms with Gasteiger partial charge in [0.2, 0.25) is 0 Å². The van der Waals surface area contributed by atoms with E-state index >= 15 is 0 Å². The third kappa shape index (κ3) is 5.10. The summed E-state index contributed by atoms with van der Waals surface area (Å²) in [7, 11) is 0. The zero-order valence-electron chi connectivity index (χ0n) is 16.1. The second-order valence-electron chi connectivity index (χ2n) is 6.86. The van der Waals surface area contributed by atoms with Crippen LogP contribution in [0.4, 0.5) is 10.5 Å². The van der Waals surface area contributed by atoms with E-state index in [2.05, 4.69) is 0 Å². The number of amides is 1. The van der Waals surface area contributed by atoms with Gasteiger partial charge in [0.15, 0.2) is 0 Å². The topological polar surface area (TPSA) is 99.0 Å². The second-order valence-corrected chi connectivity index (χ2v) is 6.86. The van der Waals surface area contributed by atoms with E-state index in [1.807, 2.05) is 31.2 Å². The number of rotatable bonds is 6. The van der Waals surface area contributed by atoms with Gasteiger partial charge in [-0.15, -0.1) is 0 Å². The van der Waals surface area contributed by atoms with Gasteiger partial charge in [-0.1, -0.05) is 24.3 Å². The molecule has 29 heavy (non-hydrogen) atoms. The van der Waals surface area contributed by atoms with Crippen LogP contribution in [0.3, 0.4) is 0 Å². The minimum Gasteiger partial charge on any atom is -0.459 e. The van der Waals surface area contributed by atoms with Gasteiger partial charge in [-0.2, -0.15) is 0 Å². The Labute approximate surface area is 168 Å². The zero-order chi connectivity index (χ0) is 20.8. The smallest absolute Gasteiger partial charge is 0.410 e. The summed E-state index contributed by atoms with van der Waals surface area (Å²) in [6.07, 6.45) is 0.665. The third-order valence-corrected chi connectivity index (χ3v) is 4.90. The molecule has 1 heterocycles. The van der Waals surface area contributed by atoms with Crippen LogP contribution in [-0.2, 0) is 27.5 Å². The van der Waals surface area contributed by atoms with E-state index in [4.69, 9.17) is 9.47 Å². The highest BCUT2D eigenvalue weighted by molar-refractivity contribution is 5.82. The number of nitro groups is 1. The molecule has 8 heteroatoms. The third-order valence-electron chi connectivity index (χ3n) is 4.90. The Morgan fingerprint density at radius 3 is 2.52 bits per heavy atom. The van der Waals surface area contributed by atoms with Crippen molar-refractivity contribution in [2.45, 2.75) is 39.0 Å². The van der Waals surface area contributed by atoms with E-state index in [1.165, 1.54) is 29.2 Å². The highest BCUT2D eigenvalue weighted by Crippen LogP contribution is 2.21. The molecule has 1 atom stereocenters. The van der Waals surface area contributed by atoms with Gasteiger partial charge < -0.3 is 9.47 Å². The number of ether oxygens (including phenoxy) is 2. The van der Waals surface area contributed by atoms with E-state index in [0.29, 0.717) is 24.9 Å². The van der Waals surface area contributed by atoms with Crippen LogP contribution in [0.2, 0.25) is 0 Å². The van der Waals surface area contributed by atoms with Crippen LogP contribution in [0.15, 0.2) is 48.5 Å². The van der Waals surface area contributed by atoms with Crippen LogP contribution >= 0.6 is 0 Å². The molecule has 0 N–H and O–H groups in total. The molecule has 0 radical (unpaired) electrons. The monoisotopic (exact) mass is 398 g/mol. The lowest BCUT2D eigenvalue weighted by molar-refractivity contribution is -0.384. The molecule has 1 aliphatic heterocycles. The first kappa shape index (κ1) is 20.3. The molecular weight excluding hydrogens is 376 g/mol. The Bertz CT molecular complexity index is 896. The molecule has 0 aliphatic carbocycles. The summed E-state index contributed by atoms with van der Waals surface area (Å²) in [6.45, 7) is 2.51. The molecule has 2 aromatic rings. The lowest BCUT2D eigenvalue weighted by Crippen LogP contribution is -2.41. The Kier molecular flexibility index (Phi) is 6.43. The van der Waals surface area contributed by atoms with Crippen molar-refractivity contribution in [3.8, 4) is 0 Å². The quantitative estimate of drug-likeness (QED) is 0.417. The summed E-state index contributed by atoms with van der Waals surface area (Å²) in [5, 5.41) is 10.7. The van der Waals surface area contributed by atoms with Gasteiger partial charge in [-0.3, -0.25) is 15.0 Å². The van der Waals surface area contributed by atoms with Gasteiger partial charge >= 0.3 is 12.1 Å². The van der Waals surface area contributed by atoms with Crippen molar-refractivity contribution in [2.75, 3.05) is 6.54 Å². The van der Waals surface area contributed by atoms with Crippen LogP contribution in [0.25, 0.3) is 0 Å². The normalized spacial score (nSPS) is 15.8. The fourth-order valence-corrected chi connectivity index (χ4v) is 3.19. The number of carbonyl (C=O) groups is 2. The molecule has 1 saturated heterocycles. The predicted octanol–water partition coefficient (Wildman–Crippen LogP) is 3.75. The summed E-state index contributed by atoms with van der Waals surface area (Å²) in [5.74, 6) is -0.506. The lowest BCUT2D eigenvalue weighted by atomic mass is 10.1. The first-order valence-corrected chi connectivity index (χ1v) is 9.33. The van der Waals surface area contributed by atoms with Gasteiger partial charge in [0.25, 0.3) is 5.69 Å². The molecule has 3 rings (SSSR count). The molecule has 152 valence electrons. The van der Waals surface area contributed by atoms with Crippen molar-refractivity contribution in [3.05, 3.63) is 75.3 Å². The largest absolute Gasteiger partial charge is 0.459 e.